The molecule has 96 valence electrons. The summed E-state index contributed by atoms with van der Waals surface area (Å²) in [5.41, 5.74) is 5.94. The van der Waals surface area contributed by atoms with E-state index in [4.69, 9.17) is 11.0 Å². The van der Waals surface area contributed by atoms with Gasteiger partial charge in [0.05, 0.1) is 6.07 Å². The van der Waals surface area contributed by atoms with E-state index in [9.17, 15) is 0 Å². The Morgan fingerprint density at radius 1 is 1.18 bits per heavy atom. The highest BCUT2D eigenvalue weighted by atomic mass is 15.3. The highest BCUT2D eigenvalue weighted by Gasteiger charge is 2.29. The molecule has 0 aliphatic carbocycles. The number of nitrogens with two attached hydrogens (primary N) is 1. The number of nitriles is 1. The van der Waals surface area contributed by atoms with E-state index < -0.39 is 0 Å². The van der Waals surface area contributed by atoms with Crippen molar-refractivity contribution in [2.75, 3.05) is 32.7 Å². The van der Waals surface area contributed by atoms with E-state index in [-0.39, 0.29) is 0 Å². The zero-order valence-electron chi connectivity index (χ0n) is 10.6. The molecular weight excluding hydrogens is 212 g/mol. The Morgan fingerprint density at radius 2 is 1.94 bits per heavy atom. The molecule has 17 heavy (non-hydrogen) atoms. The van der Waals surface area contributed by atoms with Gasteiger partial charge in [0.2, 0.25) is 0 Å². The van der Waals surface area contributed by atoms with Crippen LogP contribution in [-0.4, -0.2) is 54.6 Å². The average molecular weight is 236 g/mol. The predicted molar refractivity (Wildman–Crippen MR) is 68.5 cm³/mol. The van der Waals surface area contributed by atoms with Gasteiger partial charge in [0.25, 0.3) is 0 Å². The highest BCUT2D eigenvalue weighted by Crippen LogP contribution is 2.20. The maximum atomic E-state index is 8.53. The van der Waals surface area contributed by atoms with Gasteiger partial charge in [-0.05, 0) is 51.9 Å². The quantitative estimate of drug-likeness (QED) is 0.733. The Balaban J connectivity index is 1.69. The van der Waals surface area contributed by atoms with Crippen molar-refractivity contribution in [3.63, 3.8) is 0 Å². The predicted octanol–water partition coefficient (Wildman–Crippen LogP) is 0.788. The van der Waals surface area contributed by atoms with Gasteiger partial charge >= 0.3 is 0 Å². The van der Waals surface area contributed by atoms with E-state index >= 15 is 0 Å². The molecule has 2 rings (SSSR count). The standard InChI is InChI=1S/C13H24N4/c14-6-1-2-7-16-8-5-13(11-16)17-9-3-12(15)4-10-17/h12-13H,1-5,7-11,15H2. The van der Waals surface area contributed by atoms with Gasteiger partial charge in [-0.2, -0.15) is 5.26 Å². The maximum absolute atomic E-state index is 8.53. The minimum atomic E-state index is 0.430. The summed E-state index contributed by atoms with van der Waals surface area (Å²) in [7, 11) is 0. The fraction of sp³-hybridized carbons (Fsp3) is 0.923. The molecule has 2 heterocycles. The number of piperidine rings is 1. The van der Waals surface area contributed by atoms with Crippen molar-refractivity contribution in [2.45, 2.75) is 44.2 Å². The molecule has 4 nitrogen and oxygen atoms in total. The van der Waals surface area contributed by atoms with Crippen LogP contribution in [-0.2, 0) is 0 Å². The van der Waals surface area contributed by atoms with E-state index in [1.807, 2.05) is 0 Å². The molecule has 0 amide bonds. The Hall–Kier alpha value is -0.630. The molecule has 0 bridgehead atoms. The lowest BCUT2D eigenvalue weighted by molar-refractivity contribution is 0.152. The fourth-order valence-electron chi connectivity index (χ4n) is 2.98. The van der Waals surface area contributed by atoms with Crippen molar-refractivity contribution >= 4 is 0 Å². The molecule has 0 aromatic rings. The van der Waals surface area contributed by atoms with Crippen LogP contribution in [0.4, 0.5) is 0 Å². The Kier molecular flexibility index (Phi) is 4.78. The summed E-state index contributed by atoms with van der Waals surface area (Å²) in [5.74, 6) is 0. The third-order valence-electron chi connectivity index (χ3n) is 4.10. The van der Waals surface area contributed by atoms with Gasteiger partial charge in [-0.25, -0.2) is 0 Å². The van der Waals surface area contributed by atoms with Gasteiger partial charge in [-0.1, -0.05) is 0 Å². The average Bonchev–Trinajstić information content (AvgIpc) is 2.79. The zero-order valence-corrected chi connectivity index (χ0v) is 10.6. The molecule has 0 radical (unpaired) electrons. The molecule has 4 heteroatoms. The monoisotopic (exact) mass is 236 g/mol. The molecular formula is C13H24N4. The van der Waals surface area contributed by atoms with Gasteiger partial charge in [0, 0.05) is 25.0 Å². The molecule has 0 aromatic heterocycles. The molecule has 0 saturated carbocycles. The topological polar surface area (TPSA) is 56.3 Å². The normalized spacial score (nSPS) is 28.4. The van der Waals surface area contributed by atoms with E-state index in [0.29, 0.717) is 12.5 Å². The second kappa shape index (κ2) is 6.34. The SMILES string of the molecule is N#CCCCN1CCC(N2CCC(N)CC2)C1. The van der Waals surface area contributed by atoms with Crippen molar-refractivity contribution in [3.05, 3.63) is 0 Å². The summed E-state index contributed by atoms with van der Waals surface area (Å²) >= 11 is 0. The number of hydrogen-bond acceptors (Lipinski definition) is 4. The number of unbranched alkanes of at least 4 members (excludes halogenated alkanes) is 1. The highest BCUT2D eigenvalue weighted by molar-refractivity contribution is 4.87. The zero-order chi connectivity index (χ0) is 12.1. The lowest BCUT2D eigenvalue weighted by Gasteiger charge is -2.34. The van der Waals surface area contributed by atoms with Crippen molar-refractivity contribution in [1.82, 2.24) is 9.80 Å². The van der Waals surface area contributed by atoms with Crippen LogP contribution < -0.4 is 5.73 Å². The van der Waals surface area contributed by atoms with Crippen LogP contribution in [0.5, 0.6) is 0 Å². The largest absolute Gasteiger partial charge is 0.328 e. The lowest BCUT2D eigenvalue weighted by atomic mass is 10.0. The van der Waals surface area contributed by atoms with Crippen molar-refractivity contribution in [2.24, 2.45) is 5.73 Å². The van der Waals surface area contributed by atoms with E-state index in [0.717, 1.165) is 31.8 Å². The third-order valence-corrected chi connectivity index (χ3v) is 4.10. The van der Waals surface area contributed by atoms with Crippen molar-refractivity contribution < 1.29 is 0 Å². The van der Waals surface area contributed by atoms with Crippen LogP contribution in [0, 0.1) is 11.3 Å². The van der Waals surface area contributed by atoms with Gasteiger partial charge in [-0.15, -0.1) is 0 Å². The van der Waals surface area contributed by atoms with Crippen molar-refractivity contribution in [3.8, 4) is 6.07 Å². The summed E-state index contributed by atoms with van der Waals surface area (Å²) in [6.45, 7) is 5.85. The van der Waals surface area contributed by atoms with Gasteiger partial charge in [-0.3, -0.25) is 4.90 Å². The van der Waals surface area contributed by atoms with Crippen LogP contribution in [0.1, 0.15) is 32.1 Å². The summed E-state index contributed by atoms with van der Waals surface area (Å²) in [4.78, 5) is 5.13. The molecule has 0 aromatic carbocycles. The summed E-state index contributed by atoms with van der Waals surface area (Å²) in [6, 6.07) is 3.39. The molecule has 2 fully saturated rings. The molecule has 2 aliphatic heterocycles. The Labute approximate surface area is 104 Å². The van der Waals surface area contributed by atoms with Crippen LogP contribution in [0.2, 0.25) is 0 Å². The Bertz CT molecular complexity index is 265. The molecule has 2 N–H and O–H groups in total. The fourth-order valence-corrected chi connectivity index (χ4v) is 2.98. The number of nitrogens with zero attached hydrogens (tertiary/aromatic N) is 3. The van der Waals surface area contributed by atoms with Gasteiger partial charge < -0.3 is 10.6 Å². The third kappa shape index (κ3) is 3.67. The lowest BCUT2D eigenvalue weighted by Crippen LogP contribution is -2.46. The number of hydrogen-bond donors (Lipinski definition) is 1. The second-order valence-corrected chi connectivity index (χ2v) is 5.38. The van der Waals surface area contributed by atoms with Crippen LogP contribution in [0.25, 0.3) is 0 Å². The molecule has 2 aliphatic rings. The molecule has 1 unspecified atom stereocenters. The van der Waals surface area contributed by atoms with E-state index in [2.05, 4.69) is 15.9 Å². The van der Waals surface area contributed by atoms with Gasteiger partial charge in [0.1, 0.15) is 0 Å². The first kappa shape index (κ1) is 12.8. The summed E-state index contributed by atoms with van der Waals surface area (Å²) < 4.78 is 0. The van der Waals surface area contributed by atoms with Gasteiger partial charge in [0.15, 0.2) is 0 Å². The minimum Gasteiger partial charge on any atom is -0.328 e. The molecule has 2 saturated heterocycles. The van der Waals surface area contributed by atoms with Crippen molar-refractivity contribution in [1.29, 1.82) is 5.26 Å². The molecule has 1 atom stereocenters. The maximum Gasteiger partial charge on any atom is 0.0622 e. The minimum absolute atomic E-state index is 0.430. The Morgan fingerprint density at radius 3 is 2.65 bits per heavy atom. The first-order valence-electron chi connectivity index (χ1n) is 6.88. The van der Waals surface area contributed by atoms with E-state index in [1.54, 1.807) is 0 Å². The smallest absolute Gasteiger partial charge is 0.0622 e. The van der Waals surface area contributed by atoms with Crippen LogP contribution in [0.3, 0.4) is 0 Å². The van der Waals surface area contributed by atoms with Crippen LogP contribution >= 0.6 is 0 Å². The summed E-state index contributed by atoms with van der Waals surface area (Å²) in [5, 5.41) is 8.53. The first-order chi connectivity index (χ1) is 8.29. The number of likely N-dealkylation sites (tertiary alicyclic amines) is 2. The van der Waals surface area contributed by atoms with Crippen LogP contribution in [0.15, 0.2) is 0 Å². The summed E-state index contributed by atoms with van der Waals surface area (Å²) in [6.07, 6.45) is 5.32. The van der Waals surface area contributed by atoms with E-state index in [1.165, 1.54) is 32.6 Å². The number of rotatable bonds is 4. The first-order valence-corrected chi connectivity index (χ1v) is 6.88. The second-order valence-electron chi connectivity index (χ2n) is 5.38. The molecule has 0 spiro atoms.